The second kappa shape index (κ2) is 6.36. The highest BCUT2D eigenvalue weighted by Gasteiger charge is 2.15. The molecule has 19 heavy (non-hydrogen) atoms. The van der Waals surface area contributed by atoms with E-state index in [1.54, 1.807) is 12.1 Å². The topological polar surface area (TPSA) is 52.5 Å². The predicted octanol–water partition coefficient (Wildman–Crippen LogP) is 2.60. The number of hydrogen-bond donors (Lipinski definition) is 3. The molecule has 0 radical (unpaired) electrons. The predicted molar refractivity (Wildman–Crippen MR) is 75.8 cm³/mol. The molecule has 0 saturated heterocycles. The van der Waals surface area contributed by atoms with Gasteiger partial charge in [-0.2, -0.15) is 0 Å². The van der Waals surface area contributed by atoms with Gasteiger partial charge in [0.2, 0.25) is 0 Å². The third-order valence-electron chi connectivity index (χ3n) is 3.22. The van der Waals surface area contributed by atoms with Crippen LogP contribution < -0.4 is 5.32 Å². The van der Waals surface area contributed by atoms with Gasteiger partial charge in [-0.05, 0) is 18.6 Å². The second-order valence-corrected chi connectivity index (χ2v) is 4.65. The van der Waals surface area contributed by atoms with Gasteiger partial charge in [0, 0.05) is 18.2 Å². The fraction of sp³-hybridized carbons (Fsp3) is 0.250. The summed E-state index contributed by atoms with van der Waals surface area (Å²) in [6.45, 7) is 2.45. The Bertz CT molecular complexity index is 513. The Labute approximate surface area is 113 Å². The van der Waals surface area contributed by atoms with Gasteiger partial charge in [0.05, 0.1) is 6.10 Å². The summed E-state index contributed by atoms with van der Waals surface area (Å²) in [6.07, 6.45) is -0.563. The average molecular weight is 257 g/mol. The first-order valence-electron chi connectivity index (χ1n) is 6.41. The zero-order chi connectivity index (χ0) is 13.7. The number of aliphatic hydroxyl groups excluding tert-OH is 1. The van der Waals surface area contributed by atoms with E-state index in [1.165, 1.54) is 0 Å². The summed E-state index contributed by atoms with van der Waals surface area (Å²) in [7, 11) is 0. The Morgan fingerprint density at radius 3 is 2.32 bits per heavy atom. The number of aromatic hydroxyl groups is 1. The highest BCUT2D eigenvalue weighted by atomic mass is 16.3. The van der Waals surface area contributed by atoms with Gasteiger partial charge in [-0.15, -0.1) is 0 Å². The maximum Gasteiger partial charge on any atom is 0.120 e. The van der Waals surface area contributed by atoms with E-state index in [2.05, 4.69) is 5.32 Å². The average Bonchev–Trinajstić information content (AvgIpc) is 2.46. The fourth-order valence-corrected chi connectivity index (χ4v) is 1.98. The van der Waals surface area contributed by atoms with Crippen LogP contribution in [0.15, 0.2) is 54.6 Å². The van der Waals surface area contributed by atoms with E-state index in [1.807, 2.05) is 49.4 Å². The molecular weight excluding hydrogens is 238 g/mol. The largest absolute Gasteiger partial charge is 0.508 e. The molecule has 0 spiro atoms. The third kappa shape index (κ3) is 3.56. The van der Waals surface area contributed by atoms with Crippen molar-refractivity contribution in [3.8, 4) is 5.75 Å². The van der Waals surface area contributed by atoms with Crippen LogP contribution in [-0.4, -0.2) is 16.3 Å². The van der Waals surface area contributed by atoms with Crippen LogP contribution >= 0.6 is 0 Å². The molecule has 0 amide bonds. The van der Waals surface area contributed by atoms with Gasteiger partial charge >= 0.3 is 0 Å². The number of para-hydroxylation sites is 1. The molecule has 0 aliphatic rings. The van der Waals surface area contributed by atoms with E-state index in [-0.39, 0.29) is 11.8 Å². The van der Waals surface area contributed by atoms with Crippen molar-refractivity contribution in [1.29, 1.82) is 0 Å². The molecule has 0 bridgehead atoms. The van der Waals surface area contributed by atoms with Crippen molar-refractivity contribution < 1.29 is 10.2 Å². The summed E-state index contributed by atoms with van der Waals surface area (Å²) in [5.41, 5.74) is 1.72. The molecule has 0 fully saturated rings. The maximum absolute atomic E-state index is 10.2. The maximum atomic E-state index is 10.2. The minimum Gasteiger partial charge on any atom is -0.508 e. The summed E-state index contributed by atoms with van der Waals surface area (Å²) in [5.74, 6) is 0.274. The number of nitrogens with one attached hydrogen (secondary N) is 1. The quantitative estimate of drug-likeness (QED) is 0.771. The van der Waals surface area contributed by atoms with E-state index in [0.717, 1.165) is 11.1 Å². The number of benzene rings is 2. The lowest BCUT2D eigenvalue weighted by molar-refractivity contribution is 0.135. The smallest absolute Gasteiger partial charge is 0.120 e. The van der Waals surface area contributed by atoms with Crippen LogP contribution in [0.2, 0.25) is 0 Å². The van der Waals surface area contributed by atoms with Crippen LogP contribution in [0.25, 0.3) is 0 Å². The SMILES string of the molecule is C[C@@H](NCc1ccccc1O)[C@@H](O)c1ccccc1. The Morgan fingerprint density at radius 2 is 1.63 bits per heavy atom. The van der Waals surface area contributed by atoms with Gasteiger partial charge in [0.15, 0.2) is 0 Å². The Kier molecular flexibility index (Phi) is 4.55. The molecule has 3 N–H and O–H groups in total. The van der Waals surface area contributed by atoms with Crippen molar-refractivity contribution in [3.63, 3.8) is 0 Å². The lowest BCUT2D eigenvalue weighted by atomic mass is 10.0. The van der Waals surface area contributed by atoms with E-state index in [0.29, 0.717) is 6.54 Å². The minimum absolute atomic E-state index is 0.0954. The molecule has 2 atom stereocenters. The lowest BCUT2D eigenvalue weighted by Gasteiger charge is -2.21. The molecule has 0 aromatic heterocycles. The van der Waals surface area contributed by atoms with Crippen molar-refractivity contribution in [2.75, 3.05) is 0 Å². The third-order valence-corrected chi connectivity index (χ3v) is 3.22. The van der Waals surface area contributed by atoms with E-state index < -0.39 is 6.10 Å². The molecule has 2 aromatic carbocycles. The Hall–Kier alpha value is -1.84. The van der Waals surface area contributed by atoms with Crippen molar-refractivity contribution >= 4 is 0 Å². The molecule has 0 aliphatic heterocycles. The summed E-state index contributed by atoms with van der Waals surface area (Å²) >= 11 is 0. The molecule has 0 saturated carbocycles. The number of phenols is 1. The monoisotopic (exact) mass is 257 g/mol. The van der Waals surface area contributed by atoms with Crippen LogP contribution in [0, 0.1) is 0 Å². The summed E-state index contributed by atoms with van der Waals surface area (Å²) in [6, 6.07) is 16.7. The first-order valence-corrected chi connectivity index (χ1v) is 6.41. The van der Waals surface area contributed by atoms with Crippen molar-refractivity contribution in [2.45, 2.75) is 25.6 Å². The highest BCUT2D eigenvalue weighted by molar-refractivity contribution is 5.31. The lowest BCUT2D eigenvalue weighted by Crippen LogP contribution is -2.31. The zero-order valence-corrected chi connectivity index (χ0v) is 11.0. The number of rotatable bonds is 5. The van der Waals surface area contributed by atoms with E-state index in [9.17, 15) is 10.2 Å². The molecule has 3 nitrogen and oxygen atoms in total. The number of phenolic OH excluding ortho intramolecular Hbond substituents is 1. The first kappa shape index (κ1) is 13.6. The number of hydrogen-bond acceptors (Lipinski definition) is 3. The molecule has 0 aliphatic carbocycles. The van der Waals surface area contributed by atoms with Crippen LogP contribution in [-0.2, 0) is 6.54 Å². The van der Waals surface area contributed by atoms with Gasteiger partial charge in [0.1, 0.15) is 5.75 Å². The van der Waals surface area contributed by atoms with Crippen LogP contribution in [0.3, 0.4) is 0 Å². The molecule has 100 valence electrons. The van der Waals surface area contributed by atoms with Gasteiger partial charge in [0.25, 0.3) is 0 Å². The number of aliphatic hydroxyl groups is 1. The highest BCUT2D eigenvalue weighted by Crippen LogP contribution is 2.18. The van der Waals surface area contributed by atoms with Crippen LogP contribution in [0.1, 0.15) is 24.2 Å². The van der Waals surface area contributed by atoms with Gasteiger partial charge in [-0.3, -0.25) is 0 Å². The van der Waals surface area contributed by atoms with Gasteiger partial charge in [-0.1, -0.05) is 48.5 Å². The second-order valence-electron chi connectivity index (χ2n) is 4.65. The summed E-state index contributed by atoms with van der Waals surface area (Å²) in [5, 5.41) is 23.1. The summed E-state index contributed by atoms with van der Waals surface area (Å²) in [4.78, 5) is 0. The fourth-order valence-electron chi connectivity index (χ4n) is 1.98. The van der Waals surface area contributed by atoms with Crippen LogP contribution in [0.5, 0.6) is 5.75 Å². The normalized spacial score (nSPS) is 14.0. The van der Waals surface area contributed by atoms with Crippen LogP contribution in [0.4, 0.5) is 0 Å². The first-order chi connectivity index (χ1) is 9.18. The van der Waals surface area contributed by atoms with Crippen molar-refractivity contribution in [1.82, 2.24) is 5.32 Å². The standard InChI is InChI=1S/C16H19NO2/c1-12(16(19)13-7-3-2-4-8-13)17-11-14-9-5-6-10-15(14)18/h2-10,12,16-19H,11H2,1H3/t12-,16-/m1/s1. The molecule has 0 heterocycles. The molecule has 2 aromatic rings. The van der Waals surface area contributed by atoms with Crippen molar-refractivity contribution in [2.24, 2.45) is 0 Å². The van der Waals surface area contributed by atoms with E-state index in [4.69, 9.17) is 0 Å². The van der Waals surface area contributed by atoms with E-state index >= 15 is 0 Å². The summed E-state index contributed by atoms with van der Waals surface area (Å²) < 4.78 is 0. The molecule has 0 unspecified atom stereocenters. The molecular formula is C16H19NO2. The molecule has 2 rings (SSSR count). The van der Waals surface area contributed by atoms with Gasteiger partial charge < -0.3 is 15.5 Å². The molecule has 3 heteroatoms. The van der Waals surface area contributed by atoms with Gasteiger partial charge in [-0.25, -0.2) is 0 Å². The Balaban J connectivity index is 1.95. The Morgan fingerprint density at radius 1 is 1.00 bits per heavy atom. The van der Waals surface area contributed by atoms with Crippen molar-refractivity contribution in [3.05, 3.63) is 65.7 Å². The zero-order valence-electron chi connectivity index (χ0n) is 11.0. The minimum atomic E-state index is -0.563.